The minimum atomic E-state index is -0.142. The van der Waals surface area contributed by atoms with Gasteiger partial charge in [0.25, 0.3) is 5.91 Å². The molecule has 1 N–H and O–H groups in total. The standard InChI is InChI=1S/C12H16ClNO3/c1-2-14(7-8-15)12(16)9-17-11-5-3-10(13)4-6-11/h3-6,15H,2,7-9H2,1H3. The van der Waals surface area contributed by atoms with Crippen molar-refractivity contribution in [2.24, 2.45) is 0 Å². The van der Waals surface area contributed by atoms with Crippen LogP contribution in [0, 0.1) is 0 Å². The molecule has 0 saturated heterocycles. The Kier molecular flexibility index (Phi) is 5.80. The highest BCUT2D eigenvalue weighted by atomic mass is 35.5. The zero-order valence-corrected chi connectivity index (χ0v) is 10.5. The Morgan fingerprint density at radius 2 is 2.06 bits per heavy atom. The minimum absolute atomic E-state index is 0.0323. The van der Waals surface area contributed by atoms with Crippen molar-refractivity contribution in [2.45, 2.75) is 6.92 Å². The van der Waals surface area contributed by atoms with E-state index in [0.717, 1.165) is 0 Å². The Bertz CT molecular complexity index is 353. The van der Waals surface area contributed by atoms with Crippen LogP contribution in [0.25, 0.3) is 0 Å². The van der Waals surface area contributed by atoms with Gasteiger partial charge in [-0.05, 0) is 31.2 Å². The van der Waals surface area contributed by atoms with Crippen LogP contribution < -0.4 is 4.74 Å². The van der Waals surface area contributed by atoms with Crippen LogP contribution in [-0.2, 0) is 4.79 Å². The molecule has 4 nitrogen and oxygen atoms in total. The van der Waals surface area contributed by atoms with E-state index in [4.69, 9.17) is 21.4 Å². The number of benzene rings is 1. The first kappa shape index (κ1) is 13.8. The van der Waals surface area contributed by atoms with Crippen LogP contribution in [0.4, 0.5) is 0 Å². The summed E-state index contributed by atoms with van der Waals surface area (Å²) < 4.78 is 5.32. The predicted molar refractivity (Wildman–Crippen MR) is 66.3 cm³/mol. The summed E-state index contributed by atoms with van der Waals surface area (Å²) in [5, 5.41) is 9.41. The molecule has 0 fully saturated rings. The number of aliphatic hydroxyl groups excluding tert-OH is 1. The molecule has 0 aliphatic carbocycles. The van der Waals surface area contributed by atoms with Gasteiger partial charge in [-0.2, -0.15) is 0 Å². The van der Waals surface area contributed by atoms with Crippen molar-refractivity contribution >= 4 is 17.5 Å². The molecule has 0 aliphatic heterocycles. The second-order valence-corrected chi connectivity index (χ2v) is 3.88. The van der Waals surface area contributed by atoms with Gasteiger partial charge >= 0.3 is 0 Å². The van der Waals surface area contributed by atoms with Crippen molar-refractivity contribution in [3.63, 3.8) is 0 Å². The number of amides is 1. The van der Waals surface area contributed by atoms with Crippen LogP contribution in [0.15, 0.2) is 24.3 Å². The van der Waals surface area contributed by atoms with Crippen molar-refractivity contribution in [2.75, 3.05) is 26.3 Å². The van der Waals surface area contributed by atoms with Gasteiger partial charge < -0.3 is 14.7 Å². The molecule has 0 atom stereocenters. The van der Waals surface area contributed by atoms with Gasteiger partial charge in [-0.3, -0.25) is 4.79 Å². The Labute approximate surface area is 106 Å². The van der Waals surface area contributed by atoms with Gasteiger partial charge in [0.1, 0.15) is 5.75 Å². The van der Waals surface area contributed by atoms with Crippen LogP contribution in [-0.4, -0.2) is 42.2 Å². The molecule has 0 aromatic heterocycles. The van der Waals surface area contributed by atoms with E-state index in [-0.39, 0.29) is 19.1 Å². The number of hydrogen-bond acceptors (Lipinski definition) is 3. The highest BCUT2D eigenvalue weighted by molar-refractivity contribution is 6.30. The topological polar surface area (TPSA) is 49.8 Å². The molecule has 0 radical (unpaired) electrons. The van der Waals surface area contributed by atoms with Gasteiger partial charge in [0.2, 0.25) is 0 Å². The molecule has 1 aromatic carbocycles. The summed E-state index contributed by atoms with van der Waals surface area (Å²) in [6, 6.07) is 6.81. The van der Waals surface area contributed by atoms with E-state index in [1.54, 1.807) is 24.3 Å². The average Bonchev–Trinajstić information content (AvgIpc) is 2.35. The number of carbonyl (C=O) groups is 1. The van der Waals surface area contributed by atoms with E-state index in [1.165, 1.54) is 4.90 Å². The lowest BCUT2D eigenvalue weighted by Crippen LogP contribution is -2.36. The fraction of sp³-hybridized carbons (Fsp3) is 0.417. The number of carbonyl (C=O) groups excluding carboxylic acids is 1. The molecule has 0 spiro atoms. The van der Waals surface area contributed by atoms with E-state index in [0.29, 0.717) is 23.9 Å². The minimum Gasteiger partial charge on any atom is -0.484 e. The summed E-state index contributed by atoms with van der Waals surface area (Å²) in [6.07, 6.45) is 0. The number of ether oxygens (including phenoxy) is 1. The first-order valence-electron chi connectivity index (χ1n) is 5.44. The van der Waals surface area contributed by atoms with Crippen LogP contribution in [0.5, 0.6) is 5.75 Å². The molecule has 0 unspecified atom stereocenters. The van der Waals surface area contributed by atoms with Gasteiger partial charge in [0.05, 0.1) is 6.61 Å². The Morgan fingerprint density at radius 3 is 2.59 bits per heavy atom. The largest absolute Gasteiger partial charge is 0.484 e. The van der Waals surface area contributed by atoms with E-state index in [9.17, 15) is 4.79 Å². The Balaban J connectivity index is 2.44. The first-order valence-corrected chi connectivity index (χ1v) is 5.82. The summed E-state index contributed by atoms with van der Waals surface area (Å²) in [6.45, 7) is 2.68. The maximum atomic E-state index is 11.7. The SMILES string of the molecule is CCN(CCO)C(=O)COc1ccc(Cl)cc1. The average molecular weight is 258 g/mol. The van der Waals surface area contributed by atoms with E-state index >= 15 is 0 Å². The number of hydrogen-bond donors (Lipinski definition) is 1. The van der Waals surface area contributed by atoms with Crippen molar-refractivity contribution < 1.29 is 14.6 Å². The summed E-state index contributed by atoms with van der Waals surface area (Å²) >= 11 is 5.73. The smallest absolute Gasteiger partial charge is 0.260 e. The lowest BCUT2D eigenvalue weighted by Gasteiger charge is -2.19. The molecule has 1 rings (SSSR count). The van der Waals surface area contributed by atoms with Crippen molar-refractivity contribution in [3.05, 3.63) is 29.3 Å². The molecule has 17 heavy (non-hydrogen) atoms. The lowest BCUT2D eigenvalue weighted by atomic mass is 10.3. The molecule has 5 heteroatoms. The molecule has 0 aliphatic rings. The van der Waals surface area contributed by atoms with Crippen molar-refractivity contribution in [1.82, 2.24) is 4.90 Å². The maximum Gasteiger partial charge on any atom is 0.260 e. The summed E-state index contributed by atoms with van der Waals surface area (Å²) in [4.78, 5) is 13.2. The molecular weight excluding hydrogens is 242 g/mol. The predicted octanol–water partition coefficient (Wildman–Crippen LogP) is 1.56. The summed E-state index contributed by atoms with van der Waals surface area (Å²) in [5.74, 6) is 0.458. The molecule has 1 aromatic rings. The molecule has 0 saturated carbocycles. The van der Waals surface area contributed by atoms with Crippen molar-refractivity contribution in [1.29, 1.82) is 0 Å². The number of rotatable bonds is 6. The second-order valence-electron chi connectivity index (χ2n) is 3.44. The highest BCUT2D eigenvalue weighted by Gasteiger charge is 2.11. The van der Waals surface area contributed by atoms with Gasteiger partial charge in [-0.1, -0.05) is 11.6 Å². The van der Waals surface area contributed by atoms with E-state index in [2.05, 4.69) is 0 Å². The normalized spacial score (nSPS) is 10.1. The fourth-order valence-corrected chi connectivity index (χ4v) is 1.47. The molecular formula is C12H16ClNO3. The lowest BCUT2D eigenvalue weighted by molar-refractivity contribution is -0.133. The first-order chi connectivity index (χ1) is 8.17. The summed E-state index contributed by atoms with van der Waals surface area (Å²) in [5.41, 5.74) is 0. The number of likely N-dealkylation sites (N-methyl/N-ethyl adjacent to an activating group) is 1. The third-order valence-electron chi connectivity index (χ3n) is 2.28. The van der Waals surface area contributed by atoms with Gasteiger partial charge in [0.15, 0.2) is 6.61 Å². The van der Waals surface area contributed by atoms with Gasteiger partial charge in [0, 0.05) is 18.1 Å². The number of nitrogens with zero attached hydrogens (tertiary/aromatic N) is 1. The van der Waals surface area contributed by atoms with Crippen molar-refractivity contribution in [3.8, 4) is 5.75 Å². The quantitative estimate of drug-likeness (QED) is 0.841. The number of aliphatic hydroxyl groups is 1. The molecule has 94 valence electrons. The third kappa shape index (κ3) is 4.63. The van der Waals surface area contributed by atoms with Crippen LogP contribution in [0.2, 0.25) is 5.02 Å². The Morgan fingerprint density at radius 1 is 1.41 bits per heavy atom. The molecule has 1 amide bonds. The summed E-state index contributed by atoms with van der Waals surface area (Å²) in [7, 11) is 0. The fourth-order valence-electron chi connectivity index (χ4n) is 1.35. The molecule has 0 bridgehead atoms. The third-order valence-corrected chi connectivity index (χ3v) is 2.53. The van der Waals surface area contributed by atoms with E-state index < -0.39 is 0 Å². The van der Waals surface area contributed by atoms with E-state index in [1.807, 2.05) is 6.92 Å². The zero-order valence-electron chi connectivity index (χ0n) is 9.73. The highest BCUT2D eigenvalue weighted by Crippen LogP contribution is 2.15. The van der Waals surface area contributed by atoms with Gasteiger partial charge in [-0.25, -0.2) is 0 Å². The van der Waals surface area contributed by atoms with Crippen LogP contribution in [0.1, 0.15) is 6.92 Å². The van der Waals surface area contributed by atoms with Crippen LogP contribution in [0.3, 0.4) is 0 Å². The zero-order chi connectivity index (χ0) is 12.7. The Hall–Kier alpha value is -1.26. The molecule has 0 heterocycles. The monoisotopic (exact) mass is 257 g/mol. The van der Waals surface area contributed by atoms with Gasteiger partial charge in [-0.15, -0.1) is 0 Å². The second kappa shape index (κ2) is 7.14. The number of halogens is 1. The van der Waals surface area contributed by atoms with Crippen LogP contribution >= 0.6 is 11.6 Å². The maximum absolute atomic E-state index is 11.7.